The minimum absolute atomic E-state index is 0.953. The Morgan fingerprint density at radius 2 is 1.74 bits per heavy atom. The van der Waals surface area contributed by atoms with E-state index in [1.165, 1.54) is 77.7 Å². The minimum atomic E-state index is 0.953. The lowest BCUT2D eigenvalue weighted by molar-refractivity contribution is 0.150. The maximum absolute atomic E-state index is 3.49. The maximum Gasteiger partial charge on any atom is 0.00107 e. The molecular formula is C17H34N2. The fraction of sp³-hybridized carbons (Fsp3) is 1.00. The van der Waals surface area contributed by atoms with Crippen molar-refractivity contribution in [2.75, 3.05) is 32.7 Å². The van der Waals surface area contributed by atoms with Crippen LogP contribution in [0.2, 0.25) is 0 Å². The molecule has 0 bridgehead atoms. The fourth-order valence-electron chi connectivity index (χ4n) is 4.09. The molecule has 0 amide bonds. The first-order valence-corrected chi connectivity index (χ1v) is 8.71. The van der Waals surface area contributed by atoms with Crippen molar-refractivity contribution in [3.8, 4) is 0 Å². The molecule has 1 saturated carbocycles. The number of nitrogens with one attached hydrogen (secondary N) is 1. The summed E-state index contributed by atoms with van der Waals surface area (Å²) in [4.78, 5) is 2.79. The summed E-state index contributed by atoms with van der Waals surface area (Å²) in [7, 11) is 0. The lowest BCUT2D eigenvalue weighted by Gasteiger charge is -2.35. The smallest absolute Gasteiger partial charge is 0.00107 e. The van der Waals surface area contributed by atoms with Crippen LogP contribution >= 0.6 is 0 Å². The van der Waals surface area contributed by atoms with Crippen molar-refractivity contribution in [3.63, 3.8) is 0 Å². The van der Waals surface area contributed by atoms with E-state index < -0.39 is 0 Å². The molecule has 0 aromatic heterocycles. The van der Waals surface area contributed by atoms with Crippen molar-refractivity contribution in [2.45, 2.75) is 58.8 Å². The maximum atomic E-state index is 3.49. The second-order valence-corrected chi connectivity index (χ2v) is 7.09. The van der Waals surface area contributed by atoms with Gasteiger partial charge in [0, 0.05) is 13.1 Å². The average molecular weight is 266 g/mol. The third-order valence-corrected chi connectivity index (χ3v) is 5.08. The van der Waals surface area contributed by atoms with Crippen molar-refractivity contribution < 1.29 is 0 Å². The van der Waals surface area contributed by atoms with Crippen LogP contribution in [0.4, 0.5) is 0 Å². The summed E-state index contributed by atoms with van der Waals surface area (Å²) in [6.45, 7) is 11.3. The third kappa shape index (κ3) is 5.43. The van der Waals surface area contributed by atoms with Gasteiger partial charge in [-0.05, 0) is 69.5 Å². The van der Waals surface area contributed by atoms with Crippen LogP contribution in [0, 0.1) is 17.8 Å². The standard InChI is InChI=1S/C17H34N2/c1-3-11-19(13-16-7-9-18-10-8-16)14-17-6-4-5-15(2)12-17/h15-18H,3-14H2,1-2H3. The summed E-state index contributed by atoms with van der Waals surface area (Å²) < 4.78 is 0. The van der Waals surface area contributed by atoms with Crippen LogP contribution < -0.4 is 5.32 Å². The SMILES string of the molecule is CCCN(CC1CCNCC1)CC1CCCC(C)C1. The van der Waals surface area contributed by atoms with Gasteiger partial charge in [0.25, 0.3) is 0 Å². The van der Waals surface area contributed by atoms with Gasteiger partial charge in [0.1, 0.15) is 0 Å². The Labute approximate surface area is 120 Å². The van der Waals surface area contributed by atoms with Gasteiger partial charge in [-0.2, -0.15) is 0 Å². The Bertz CT molecular complexity index is 235. The molecule has 0 radical (unpaired) electrons. The van der Waals surface area contributed by atoms with Gasteiger partial charge in [-0.3, -0.25) is 0 Å². The lowest BCUT2D eigenvalue weighted by atomic mass is 9.82. The highest BCUT2D eigenvalue weighted by atomic mass is 15.1. The van der Waals surface area contributed by atoms with Crippen molar-refractivity contribution in [2.24, 2.45) is 17.8 Å². The third-order valence-electron chi connectivity index (χ3n) is 5.08. The molecule has 1 aliphatic carbocycles. The van der Waals surface area contributed by atoms with E-state index in [0.717, 1.165) is 17.8 Å². The molecule has 1 saturated heterocycles. The summed E-state index contributed by atoms with van der Waals surface area (Å²) in [5.41, 5.74) is 0. The van der Waals surface area contributed by atoms with E-state index in [4.69, 9.17) is 0 Å². The molecule has 2 fully saturated rings. The van der Waals surface area contributed by atoms with E-state index in [-0.39, 0.29) is 0 Å². The van der Waals surface area contributed by atoms with Crippen LogP contribution in [0.5, 0.6) is 0 Å². The van der Waals surface area contributed by atoms with Crippen molar-refractivity contribution in [3.05, 3.63) is 0 Å². The normalized spacial score (nSPS) is 29.8. The van der Waals surface area contributed by atoms with E-state index in [0.29, 0.717) is 0 Å². The topological polar surface area (TPSA) is 15.3 Å². The molecule has 1 aliphatic heterocycles. The molecule has 2 aliphatic rings. The van der Waals surface area contributed by atoms with Gasteiger partial charge in [0.15, 0.2) is 0 Å². The molecule has 1 heterocycles. The quantitative estimate of drug-likeness (QED) is 0.791. The van der Waals surface area contributed by atoms with Crippen molar-refractivity contribution >= 4 is 0 Å². The van der Waals surface area contributed by atoms with Crippen LogP contribution in [-0.4, -0.2) is 37.6 Å². The van der Waals surface area contributed by atoms with Gasteiger partial charge in [-0.25, -0.2) is 0 Å². The fourth-order valence-corrected chi connectivity index (χ4v) is 4.09. The lowest BCUT2D eigenvalue weighted by Crippen LogP contribution is -2.39. The summed E-state index contributed by atoms with van der Waals surface area (Å²) in [6.07, 6.45) is 10.00. The van der Waals surface area contributed by atoms with Gasteiger partial charge >= 0.3 is 0 Å². The van der Waals surface area contributed by atoms with E-state index in [2.05, 4.69) is 24.1 Å². The molecule has 2 heteroatoms. The van der Waals surface area contributed by atoms with E-state index in [9.17, 15) is 0 Å². The second-order valence-electron chi connectivity index (χ2n) is 7.09. The predicted molar refractivity (Wildman–Crippen MR) is 83.4 cm³/mol. The highest BCUT2D eigenvalue weighted by Gasteiger charge is 2.23. The largest absolute Gasteiger partial charge is 0.317 e. The Morgan fingerprint density at radius 3 is 2.42 bits per heavy atom. The molecule has 112 valence electrons. The molecule has 0 aromatic rings. The van der Waals surface area contributed by atoms with E-state index >= 15 is 0 Å². The van der Waals surface area contributed by atoms with Crippen LogP contribution in [0.25, 0.3) is 0 Å². The molecule has 0 spiro atoms. The zero-order chi connectivity index (χ0) is 13.5. The summed E-state index contributed by atoms with van der Waals surface area (Å²) in [6, 6.07) is 0. The molecule has 19 heavy (non-hydrogen) atoms. The molecule has 0 aromatic carbocycles. The highest BCUT2D eigenvalue weighted by Crippen LogP contribution is 2.29. The first-order chi connectivity index (χ1) is 9.28. The number of piperidine rings is 1. The van der Waals surface area contributed by atoms with E-state index in [1.807, 2.05) is 0 Å². The summed E-state index contributed by atoms with van der Waals surface area (Å²) >= 11 is 0. The molecule has 1 N–H and O–H groups in total. The number of hydrogen-bond donors (Lipinski definition) is 1. The zero-order valence-electron chi connectivity index (χ0n) is 13.2. The summed E-state index contributed by atoms with van der Waals surface area (Å²) in [5.74, 6) is 2.91. The number of hydrogen-bond acceptors (Lipinski definition) is 2. The summed E-state index contributed by atoms with van der Waals surface area (Å²) in [5, 5.41) is 3.49. The van der Waals surface area contributed by atoms with Gasteiger partial charge in [-0.1, -0.05) is 26.7 Å². The van der Waals surface area contributed by atoms with Crippen molar-refractivity contribution in [1.82, 2.24) is 10.2 Å². The molecular weight excluding hydrogens is 232 g/mol. The first-order valence-electron chi connectivity index (χ1n) is 8.71. The highest BCUT2D eigenvalue weighted by molar-refractivity contribution is 4.77. The van der Waals surface area contributed by atoms with Gasteiger partial charge < -0.3 is 10.2 Å². The minimum Gasteiger partial charge on any atom is -0.317 e. The van der Waals surface area contributed by atoms with Gasteiger partial charge in [0.05, 0.1) is 0 Å². The van der Waals surface area contributed by atoms with Crippen molar-refractivity contribution in [1.29, 1.82) is 0 Å². The molecule has 2 unspecified atom stereocenters. The Hall–Kier alpha value is -0.0800. The van der Waals surface area contributed by atoms with Crippen LogP contribution in [0.15, 0.2) is 0 Å². The van der Waals surface area contributed by atoms with Crippen LogP contribution in [-0.2, 0) is 0 Å². The van der Waals surface area contributed by atoms with Gasteiger partial charge in [0.2, 0.25) is 0 Å². The van der Waals surface area contributed by atoms with Crippen LogP contribution in [0.3, 0.4) is 0 Å². The Morgan fingerprint density at radius 1 is 1.00 bits per heavy atom. The van der Waals surface area contributed by atoms with Crippen LogP contribution in [0.1, 0.15) is 58.8 Å². The van der Waals surface area contributed by atoms with Gasteiger partial charge in [-0.15, -0.1) is 0 Å². The average Bonchev–Trinajstić information content (AvgIpc) is 2.40. The monoisotopic (exact) mass is 266 g/mol. The zero-order valence-corrected chi connectivity index (χ0v) is 13.2. The Balaban J connectivity index is 1.77. The number of nitrogens with zero attached hydrogens (tertiary/aromatic N) is 1. The molecule has 2 rings (SSSR count). The Kier molecular flexibility index (Phi) is 6.66. The predicted octanol–water partition coefficient (Wildman–Crippen LogP) is 3.52. The first kappa shape index (κ1) is 15.3. The number of rotatable bonds is 6. The van der Waals surface area contributed by atoms with E-state index in [1.54, 1.807) is 0 Å². The molecule has 2 atom stereocenters. The second kappa shape index (κ2) is 8.26. The molecule has 2 nitrogen and oxygen atoms in total.